The number of hydrogen-bond acceptors (Lipinski definition) is 2. The van der Waals surface area contributed by atoms with Gasteiger partial charge in [0.2, 0.25) is 5.91 Å². The second kappa shape index (κ2) is 7.04. The largest absolute Gasteiger partial charge is 0.341 e. The van der Waals surface area contributed by atoms with Gasteiger partial charge in [0.15, 0.2) is 0 Å². The Bertz CT molecular complexity index is 706. The fourth-order valence-electron chi connectivity index (χ4n) is 1.78. The Morgan fingerprint density at radius 3 is 2.55 bits per heavy atom. The topological polar surface area (TPSA) is 58.2 Å². The summed E-state index contributed by atoms with van der Waals surface area (Å²) in [6, 6.07) is 11.4. The van der Waals surface area contributed by atoms with Crippen molar-refractivity contribution in [3.63, 3.8) is 0 Å². The van der Waals surface area contributed by atoms with Gasteiger partial charge < -0.3 is 10.6 Å². The Morgan fingerprint density at radius 1 is 1.14 bits per heavy atom. The van der Waals surface area contributed by atoms with Crippen LogP contribution in [0.25, 0.3) is 0 Å². The molecule has 0 saturated carbocycles. The molecule has 0 aliphatic heterocycles. The van der Waals surface area contributed by atoms with Crippen molar-refractivity contribution < 1.29 is 14.0 Å². The number of amides is 2. The van der Waals surface area contributed by atoms with Crippen LogP contribution in [0.3, 0.4) is 0 Å². The number of para-hydroxylation sites is 1. The van der Waals surface area contributed by atoms with Crippen molar-refractivity contribution in [3.05, 3.63) is 64.9 Å². The smallest absolute Gasteiger partial charge is 0.251 e. The summed E-state index contributed by atoms with van der Waals surface area (Å²) in [5.74, 6) is -1.48. The maximum absolute atomic E-state index is 13.5. The standard InChI is InChI=1S/C16H14ClFN2O2/c1-10(15(21)20-14-8-3-2-7-13(14)18)19-16(22)11-5-4-6-12(17)9-11/h2-10H,1H3,(H,19,22)(H,20,21). The van der Waals surface area contributed by atoms with E-state index >= 15 is 0 Å². The van der Waals surface area contributed by atoms with E-state index in [1.54, 1.807) is 24.3 Å². The van der Waals surface area contributed by atoms with Gasteiger partial charge in [-0.2, -0.15) is 0 Å². The van der Waals surface area contributed by atoms with Gasteiger partial charge in [-0.1, -0.05) is 29.8 Å². The molecule has 0 saturated heterocycles. The molecule has 0 aromatic heterocycles. The molecule has 2 aromatic carbocycles. The second-order valence-corrected chi connectivity index (χ2v) is 5.11. The summed E-state index contributed by atoms with van der Waals surface area (Å²) < 4.78 is 13.5. The van der Waals surface area contributed by atoms with Gasteiger partial charge in [-0.05, 0) is 37.3 Å². The minimum absolute atomic E-state index is 0.0661. The van der Waals surface area contributed by atoms with Crippen molar-refractivity contribution in [3.8, 4) is 0 Å². The van der Waals surface area contributed by atoms with Crippen LogP contribution < -0.4 is 10.6 Å². The van der Waals surface area contributed by atoms with Crippen LogP contribution in [-0.4, -0.2) is 17.9 Å². The van der Waals surface area contributed by atoms with Crippen LogP contribution in [0.1, 0.15) is 17.3 Å². The van der Waals surface area contributed by atoms with Crippen molar-refractivity contribution in [1.29, 1.82) is 0 Å². The maximum atomic E-state index is 13.5. The molecule has 0 bridgehead atoms. The van der Waals surface area contributed by atoms with Gasteiger partial charge in [0, 0.05) is 10.6 Å². The van der Waals surface area contributed by atoms with E-state index in [9.17, 15) is 14.0 Å². The lowest BCUT2D eigenvalue weighted by Gasteiger charge is -2.14. The third-order valence-corrected chi connectivity index (χ3v) is 3.19. The van der Waals surface area contributed by atoms with Crippen LogP contribution in [-0.2, 0) is 4.79 Å². The Balaban J connectivity index is 1.99. The highest BCUT2D eigenvalue weighted by molar-refractivity contribution is 6.31. The molecule has 0 spiro atoms. The average Bonchev–Trinajstić information content (AvgIpc) is 2.49. The van der Waals surface area contributed by atoms with E-state index in [0.29, 0.717) is 10.6 Å². The van der Waals surface area contributed by atoms with E-state index in [0.717, 1.165) is 0 Å². The van der Waals surface area contributed by atoms with Gasteiger partial charge in [-0.15, -0.1) is 0 Å². The molecular formula is C16H14ClFN2O2. The van der Waals surface area contributed by atoms with Gasteiger partial charge >= 0.3 is 0 Å². The first-order valence-electron chi connectivity index (χ1n) is 6.59. The number of anilines is 1. The van der Waals surface area contributed by atoms with Gasteiger partial charge in [0.25, 0.3) is 5.91 Å². The quantitative estimate of drug-likeness (QED) is 0.908. The summed E-state index contributed by atoms with van der Waals surface area (Å²) in [6.07, 6.45) is 0. The third-order valence-electron chi connectivity index (χ3n) is 2.96. The zero-order valence-electron chi connectivity index (χ0n) is 11.8. The number of halogens is 2. The van der Waals surface area contributed by atoms with E-state index in [1.165, 1.54) is 31.2 Å². The van der Waals surface area contributed by atoms with E-state index in [2.05, 4.69) is 10.6 Å². The zero-order chi connectivity index (χ0) is 16.1. The lowest BCUT2D eigenvalue weighted by atomic mass is 10.2. The van der Waals surface area contributed by atoms with Crippen LogP contribution in [0, 0.1) is 5.82 Å². The summed E-state index contributed by atoms with van der Waals surface area (Å²) in [7, 11) is 0. The predicted molar refractivity (Wildman–Crippen MR) is 83.4 cm³/mol. The van der Waals surface area contributed by atoms with Gasteiger partial charge in [0.05, 0.1) is 5.69 Å². The Labute approximate surface area is 132 Å². The molecule has 2 amide bonds. The Hall–Kier alpha value is -2.40. The molecular weight excluding hydrogens is 307 g/mol. The summed E-state index contributed by atoms with van der Waals surface area (Å²) in [5, 5.41) is 5.38. The van der Waals surface area contributed by atoms with Crippen LogP contribution in [0.5, 0.6) is 0 Å². The second-order valence-electron chi connectivity index (χ2n) is 4.67. The molecule has 6 heteroatoms. The highest BCUT2D eigenvalue weighted by Gasteiger charge is 2.17. The van der Waals surface area contributed by atoms with Crippen LogP contribution in [0.15, 0.2) is 48.5 Å². The molecule has 2 aromatic rings. The highest BCUT2D eigenvalue weighted by atomic mass is 35.5. The van der Waals surface area contributed by atoms with Crippen molar-refractivity contribution >= 4 is 29.1 Å². The predicted octanol–water partition coefficient (Wildman–Crippen LogP) is 3.24. The number of benzene rings is 2. The lowest BCUT2D eigenvalue weighted by Crippen LogP contribution is -2.41. The third kappa shape index (κ3) is 4.05. The SMILES string of the molecule is CC(NC(=O)c1cccc(Cl)c1)C(=O)Nc1ccccc1F. The fraction of sp³-hybridized carbons (Fsp3) is 0.125. The zero-order valence-corrected chi connectivity index (χ0v) is 12.5. The highest BCUT2D eigenvalue weighted by Crippen LogP contribution is 2.13. The number of rotatable bonds is 4. The molecule has 114 valence electrons. The van der Waals surface area contributed by atoms with Crippen LogP contribution >= 0.6 is 11.6 Å². The van der Waals surface area contributed by atoms with E-state index in [1.807, 2.05) is 0 Å². The fourth-order valence-corrected chi connectivity index (χ4v) is 1.97. The normalized spacial score (nSPS) is 11.6. The summed E-state index contributed by atoms with van der Waals surface area (Å²) in [5.41, 5.74) is 0.411. The number of nitrogens with one attached hydrogen (secondary N) is 2. The molecule has 1 unspecified atom stereocenters. The maximum Gasteiger partial charge on any atom is 0.251 e. The van der Waals surface area contributed by atoms with E-state index in [4.69, 9.17) is 11.6 Å². The van der Waals surface area contributed by atoms with Gasteiger partial charge in [-0.3, -0.25) is 9.59 Å². The molecule has 2 N–H and O–H groups in total. The van der Waals surface area contributed by atoms with Crippen molar-refractivity contribution in [2.45, 2.75) is 13.0 Å². The van der Waals surface area contributed by atoms with Crippen molar-refractivity contribution in [2.24, 2.45) is 0 Å². The van der Waals surface area contributed by atoms with Crippen LogP contribution in [0.4, 0.5) is 10.1 Å². The molecule has 1 atom stereocenters. The van der Waals surface area contributed by atoms with Crippen LogP contribution in [0.2, 0.25) is 5.02 Å². The Kier molecular flexibility index (Phi) is 5.12. The molecule has 4 nitrogen and oxygen atoms in total. The lowest BCUT2D eigenvalue weighted by molar-refractivity contribution is -0.117. The molecule has 0 heterocycles. The summed E-state index contributed by atoms with van der Waals surface area (Å²) in [4.78, 5) is 24.0. The molecule has 2 rings (SSSR count). The van der Waals surface area contributed by atoms with Crippen molar-refractivity contribution in [1.82, 2.24) is 5.32 Å². The molecule has 0 aliphatic carbocycles. The minimum Gasteiger partial charge on any atom is -0.341 e. The van der Waals surface area contributed by atoms with E-state index < -0.39 is 23.7 Å². The van der Waals surface area contributed by atoms with Gasteiger partial charge in [-0.25, -0.2) is 4.39 Å². The first-order chi connectivity index (χ1) is 10.5. The number of hydrogen-bond donors (Lipinski definition) is 2. The molecule has 0 fully saturated rings. The van der Waals surface area contributed by atoms with Gasteiger partial charge in [0.1, 0.15) is 11.9 Å². The first kappa shape index (κ1) is 16.0. The first-order valence-corrected chi connectivity index (χ1v) is 6.97. The molecule has 0 radical (unpaired) electrons. The number of carbonyl (C=O) groups excluding carboxylic acids is 2. The minimum atomic E-state index is -0.828. The number of carbonyl (C=O) groups is 2. The molecule has 0 aliphatic rings. The molecule has 22 heavy (non-hydrogen) atoms. The summed E-state index contributed by atoms with van der Waals surface area (Å²) >= 11 is 5.81. The average molecular weight is 321 g/mol. The Morgan fingerprint density at radius 2 is 1.86 bits per heavy atom. The van der Waals surface area contributed by atoms with Crippen molar-refractivity contribution in [2.75, 3.05) is 5.32 Å². The summed E-state index contributed by atoms with van der Waals surface area (Å²) in [6.45, 7) is 1.51. The monoisotopic (exact) mass is 320 g/mol. The van der Waals surface area contributed by atoms with E-state index in [-0.39, 0.29) is 5.69 Å².